The monoisotopic (exact) mass is 250 g/mol. The normalized spacial score (nSPS) is 17.8. The summed E-state index contributed by atoms with van der Waals surface area (Å²) in [7, 11) is 0. The van der Waals surface area contributed by atoms with Crippen LogP contribution in [0.1, 0.15) is 19.3 Å². The van der Waals surface area contributed by atoms with Crippen molar-refractivity contribution in [2.24, 2.45) is 5.92 Å². The average molecular weight is 250 g/mol. The van der Waals surface area contributed by atoms with Crippen LogP contribution in [-0.2, 0) is 0 Å². The molecule has 0 saturated carbocycles. The number of aliphatic hydroxyl groups excluding tert-OH is 1. The summed E-state index contributed by atoms with van der Waals surface area (Å²) in [6, 6.07) is 5.74. The molecule has 2 rings (SSSR count). The van der Waals surface area contributed by atoms with Crippen LogP contribution < -0.4 is 4.74 Å². The third-order valence-electron chi connectivity index (χ3n) is 3.44. The topological polar surface area (TPSA) is 45.6 Å². The molecule has 0 radical (unpaired) electrons. The van der Waals surface area contributed by atoms with Gasteiger partial charge in [0.25, 0.3) is 0 Å². The first kappa shape index (κ1) is 13.3. The van der Waals surface area contributed by atoms with Crippen molar-refractivity contribution in [3.8, 4) is 5.88 Å². The van der Waals surface area contributed by atoms with E-state index in [9.17, 15) is 0 Å². The van der Waals surface area contributed by atoms with Gasteiger partial charge in [0.15, 0.2) is 0 Å². The Bertz CT molecular complexity index is 324. The number of likely N-dealkylation sites (tertiary alicyclic amines) is 1. The van der Waals surface area contributed by atoms with Crippen LogP contribution in [-0.4, -0.2) is 47.8 Å². The first-order valence-corrected chi connectivity index (χ1v) is 6.75. The second kappa shape index (κ2) is 7.34. The second-order valence-electron chi connectivity index (χ2n) is 4.84. The van der Waals surface area contributed by atoms with E-state index in [0.717, 1.165) is 38.5 Å². The highest BCUT2D eigenvalue weighted by Gasteiger charge is 2.19. The number of piperidine rings is 1. The quantitative estimate of drug-likeness (QED) is 0.832. The van der Waals surface area contributed by atoms with Gasteiger partial charge in [-0.05, 0) is 44.3 Å². The summed E-state index contributed by atoms with van der Waals surface area (Å²) in [6.45, 7) is 4.32. The van der Waals surface area contributed by atoms with E-state index in [2.05, 4.69) is 9.88 Å². The van der Waals surface area contributed by atoms with Crippen LogP contribution in [0.5, 0.6) is 5.88 Å². The number of nitrogens with zero attached hydrogens (tertiary/aromatic N) is 2. The van der Waals surface area contributed by atoms with Crippen LogP contribution in [0.15, 0.2) is 24.4 Å². The van der Waals surface area contributed by atoms with Gasteiger partial charge in [0, 0.05) is 25.4 Å². The highest BCUT2D eigenvalue weighted by atomic mass is 16.5. The smallest absolute Gasteiger partial charge is 0.213 e. The summed E-state index contributed by atoms with van der Waals surface area (Å²) in [5.74, 6) is 1.36. The van der Waals surface area contributed by atoms with Crippen molar-refractivity contribution in [3.05, 3.63) is 24.4 Å². The Kier molecular flexibility index (Phi) is 5.42. The molecule has 4 heteroatoms. The van der Waals surface area contributed by atoms with Gasteiger partial charge < -0.3 is 14.7 Å². The lowest BCUT2D eigenvalue weighted by molar-refractivity contribution is 0.132. The molecule has 0 bridgehead atoms. The Labute approximate surface area is 109 Å². The molecule has 0 aliphatic carbocycles. The zero-order chi connectivity index (χ0) is 12.6. The number of ether oxygens (including phenoxy) is 1. The Morgan fingerprint density at radius 3 is 2.83 bits per heavy atom. The van der Waals surface area contributed by atoms with Crippen LogP contribution >= 0.6 is 0 Å². The Hall–Kier alpha value is -1.13. The molecule has 0 spiro atoms. The number of hydrogen-bond acceptors (Lipinski definition) is 4. The molecule has 1 fully saturated rings. The van der Waals surface area contributed by atoms with E-state index >= 15 is 0 Å². The molecule has 0 atom stereocenters. The Balaban J connectivity index is 1.65. The Morgan fingerprint density at radius 2 is 2.17 bits per heavy atom. The van der Waals surface area contributed by atoms with Gasteiger partial charge >= 0.3 is 0 Å². The molecule has 2 heterocycles. The van der Waals surface area contributed by atoms with Crippen LogP contribution in [0.4, 0.5) is 0 Å². The zero-order valence-electron chi connectivity index (χ0n) is 10.8. The number of aromatic nitrogens is 1. The number of pyridine rings is 1. The molecule has 1 aliphatic heterocycles. The van der Waals surface area contributed by atoms with E-state index in [1.807, 2.05) is 18.2 Å². The summed E-state index contributed by atoms with van der Waals surface area (Å²) >= 11 is 0. The van der Waals surface area contributed by atoms with Crippen molar-refractivity contribution in [2.75, 3.05) is 32.8 Å². The summed E-state index contributed by atoms with van der Waals surface area (Å²) in [5, 5.41) is 8.81. The fourth-order valence-corrected chi connectivity index (χ4v) is 2.31. The van der Waals surface area contributed by atoms with Gasteiger partial charge in [-0.25, -0.2) is 4.98 Å². The summed E-state index contributed by atoms with van der Waals surface area (Å²) in [4.78, 5) is 6.58. The van der Waals surface area contributed by atoms with Crippen LogP contribution in [0.25, 0.3) is 0 Å². The lowest BCUT2D eigenvalue weighted by atomic mass is 9.98. The van der Waals surface area contributed by atoms with E-state index in [1.54, 1.807) is 6.20 Å². The summed E-state index contributed by atoms with van der Waals surface area (Å²) in [6.07, 6.45) is 5.00. The number of aliphatic hydroxyl groups is 1. The first-order chi connectivity index (χ1) is 8.88. The molecule has 18 heavy (non-hydrogen) atoms. The molecule has 0 unspecified atom stereocenters. The molecule has 1 aromatic rings. The van der Waals surface area contributed by atoms with Crippen molar-refractivity contribution in [1.82, 2.24) is 9.88 Å². The maximum atomic E-state index is 8.81. The second-order valence-corrected chi connectivity index (χ2v) is 4.84. The van der Waals surface area contributed by atoms with Gasteiger partial charge in [-0.2, -0.15) is 0 Å². The molecule has 1 aliphatic rings. The van der Waals surface area contributed by atoms with Crippen LogP contribution in [0, 0.1) is 5.92 Å². The molecule has 1 N–H and O–H groups in total. The van der Waals surface area contributed by atoms with Crippen LogP contribution in [0.2, 0.25) is 0 Å². The van der Waals surface area contributed by atoms with Gasteiger partial charge in [-0.3, -0.25) is 0 Å². The molecule has 0 amide bonds. The molecule has 0 aromatic carbocycles. The predicted octanol–water partition coefficient (Wildman–Crippen LogP) is 1.55. The standard InChI is InChI=1S/C14H22N2O2/c17-11-3-8-16-9-5-13(6-10-16)12-18-14-4-1-2-7-15-14/h1-2,4,7,13,17H,3,5-6,8-12H2. The molecular formula is C14H22N2O2. The van der Waals surface area contributed by atoms with Gasteiger partial charge in [0.05, 0.1) is 6.61 Å². The van der Waals surface area contributed by atoms with Crippen molar-refractivity contribution >= 4 is 0 Å². The third-order valence-corrected chi connectivity index (χ3v) is 3.44. The predicted molar refractivity (Wildman–Crippen MR) is 70.6 cm³/mol. The van der Waals surface area contributed by atoms with Crippen molar-refractivity contribution in [1.29, 1.82) is 0 Å². The van der Waals surface area contributed by atoms with E-state index < -0.39 is 0 Å². The van der Waals surface area contributed by atoms with E-state index in [1.165, 1.54) is 12.8 Å². The van der Waals surface area contributed by atoms with Gasteiger partial charge in [0.1, 0.15) is 0 Å². The minimum Gasteiger partial charge on any atom is -0.477 e. The number of rotatable bonds is 6. The number of hydrogen-bond donors (Lipinski definition) is 1. The maximum Gasteiger partial charge on any atom is 0.213 e. The highest BCUT2D eigenvalue weighted by Crippen LogP contribution is 2.18. The first-order valence-electron chi connectivity index (χ1n) is 6.75. The van der Waals surface area contributed by atoms with Crippen molar-refractivity contribution in [3.63, 3.8) is 0 Å². The van der Waals surface area contributed by atoms with E-state index in [0.29, 0.717) is 12.5 Å². The van der Waals surface area contributed by atoms with Crippen molar-refractivity contribution in [2.45, 2.75) is 19.3 Å². The van der Waals surface area contributed by atoms with Gasteiger partial charge in [-0.1, -0.05) is 6.07 Å². The molecule has 1 saturated heterocycles. The lowest BCUT2D eigenvalue weighted by Gasteiger charge is -2.31. The molecule has 100 valence electrons. The molecule has 4 nitrogen and oxygen atoms in total. The minimum atomic E-state index is 0.294. The van der Waals surface area contributed by atoms with E-state index in [-0.39, 0.29) is 0 Å². The summed E-state index contributed by atoms with van der Waals surface area (Å²) < 4.78 is 5.69. The van der Waals surface area contributed by atoms with Crippen molar-refractivity contribution < 1.29 is 9.84 Å². The van der Waals surface area contributed by atoms with Gasteiger partial charge in [0.2, 0.25) is 5.88 Å². The summed E-state index contributed by atoms with van der Waals surface area (Å²) in [5.41, 5.74) is 0. The molecule has 1 aromatic heterocycles. The minimum absolute atomic E-state index is 0.294. The third kappa shape index (κ3) is 4.27. The fourth-order valence-electron chi connectivity index (χ4n) is 2.31. The molecular weight excluding hydrogens is 228 g/mol. The SMILES string of the molecule is OCCCN1CCC(COc2ccccn2)CC1. The average Bonchev–Trinajstić information content (AvgIpc) is 2.45. The Morgan fingerprint density at radius 1 is 1.33 bits per heavy atom. The maximum absolute atomic E-state index is 8.81. The highest BCUT2D eigenvalue weighted by molar-refractivity contribution is 5.09. The zero-order valence-corrected chi connectivity index (χ0v) is 10.8. The largest absolute Gasteiger partial charge is 0.477 e. The van der Waals surface area contributed by atoms with E-state index in [4.69, 9.17) is 9.84 Å². The van der Waals surface area contributed by atoms with Crippen LogP contribution in [0.3, 0.4) is 0 Å². The fraction of sp³-hybridized carbons (Fsp3) is 0.643. The lowest BCUT2D eigenvalue weighted by Crippen LogP contribution is -2.36. The van der Waals surface area contributed by atoms with Gasteiger partial charge in [-0.15, -0.1) is 0 Å².